The first-order valence-corrected chi connectivity index (χ1v) is 11.0. The van der Waals surface area contributed by atoms with Crippen molar-refractivity contribution < 1.29 is 28.6 Å². The van der Waals surface area contributed by atoms with Crippen molar-refractivity contribution in [2.75, 3.05) is 33.1 Å². The summed E-state index contributed by atoms with van der Waals surface area (Å²) in [6, 6.07) is 18.3. The zero-order valence-corrected chi connectivity index (χ0v) is 20.3. The van der Waals surface area contributed by atoms with E-state index >= 15 is 0 Å². The van der Waals surface area contributed by atoms with Crippen LogP contribution in [0.1, 0.15) is 26.3 Å². The van der Waals surface area contributed by atoms with E-state index in [1.54, 1.807) is 50.5 Å². The Hall–Kier alpha value is -4.04. The molecule has 0 aliphatic heterocycles. The first-order chi connectivity index (χ1) is 16.8. The minimum absolute atomic E-state index is 0.146. The maximum absolute atomic E-state index is 12.4. The highest BCUT2D eigenvalue weighted by Gasteiger charge is 2.15. The molecule has 3 rings (SSSR count). The fourth-order valence-corrected chi connectivity index (χ4v) is 3.24. The third-order valence-corrected chi connectivity index (χ3v) is 5.27. The summed E-state index contributed by atoms with van der Waals surface area (Å²) in [6.07, 6.45) is 0. The van der Waals surface area contributed by atoms with Crippen LogP contribution in [0.5, 0.6) is 11.5 Å². The van der Waals surface area contributed by atoms with E-state index in [0.717, 1.165) is 5.56 Å². The third kappa shape index (κ3) is 6.97. The summed E-state index contributed by atoms with van der Waals surface area (Å²) in [4.78, 5) is 38.0. The minimum Gasteiger partial charge on any atom is -0.493 e. The first-order valence-electron chi connectivity index (χ1n) is 10.6. The number of anilines is 1. The number of halogens is 1. The van der Waals surface area contributed by atoms with Crippen LogP contribution in [0.2, 0.25) is 5.02 Å². The monoisotopic (exact) mass is 496 g/mol. The summed E-state index contributed by atoms with van der Waals surface area (Å²) >= 11 is 6.15. The van der Waals surface area contributed by atoms with Gasteiger partial charge in [-0.1, -0.05) is 29.8 Å². The van der Waals surface area contributed by atoms with E-state index in [-0.39, 0.29) is 18.1 Å². The van der Waals surface area contributed by atoms with Crippen molar-refractivity contribution in [3.63, 3.8) is 0 Å². The summed E-state index contributed by atoms with van der Waals surface area (Å²) in [5, 5.41) is 3.20. The highest BCUT2D eigenvalue weighted by Crippen LogP contribution is 2.30. The van der Waals surface area contributed by atoms with Crippen LogP contribution in [0.3, 0.4) is 0 Å². The number of ether oxygens (including phenoxy) is 3. The Balaban J connectivity index is 1.55. The Labute approximate surface area is 208 Å². The average Bonchev–Trinajstić information content (AvgIpc) is 2.86. The molecule has 0 aliphatic rings. The van der Waals surface area contributed by atoms with Crippen LogP contribution in [0.15, 0.2) is 66.7 Å². The standard InChI is InChI=1S/C26H25ClN2O6/c1-29(2)25(31)17-8-11-20(12-9-17)28-24(30)16-35-26(32)18-10-13-22(23(14-18)33-3)34-15-19-6-4-5-7-21(19)27/h4-14H,15-16H2,1-3H3,(H,28,30). The van der Waals surface area contributed by atoms with Gasteiger partial charge in [-0.2, -0.15) is 0 Å². The molecule has 9 heteroatoms. The molecule has 3 aromatic rings. The number of methoxy groups -OCH3 is 1. The number of nitrogens with zero attached hydrogens (tertiary/aromatic N) is 1. The van der Waals surface area contributed by atoms with Crippen LogP contribution in [-0.2, 0) is 16.1 Å². The van der Waals surface area contributed by atoms with Gasteiger partial charge in [-0.15, -0.1) is 0 Å². The van der Waals surface area contributed by atoms with Gasteiger partial charge >= 0.3 is 5.97 Å². The Bertz CT molecular complexity index is 1210. The van der Waals surface area contributed by atoms with Gasteiger partial charge in [0, 0.05) is 35.9 Å². The van der Waals surface area contributed by atoms with Crippen molar-refractivity contribution in [2.45, 2.75) is 6.61 Å². The number of benzene rings is 3. The maximum atomic E-state index is 12.4. The first kappa shape index (κ1) is 25.6. The van der Waals surface area contributed by atoms with E-state index in [1.807, 2.05) is 18.2 Å². The average molecular weight is 497 g/mol. The second-order valence-electron chi connectivity index (χ2n) is 7.65. The van der Waals surface area contributed by atoms with Gasteiger partial charge in [-0.05, 0) is 48.5 Å². The molecule has 0 atom stereocenters. The van der Waals surface area contributed by atoms with Gasteiger partial charge in [0.15, 0.2) is 18.1 Å². The minimum atomic E-state index is -0.692. The van der Waals surface area contributed by atoms with Crippen molar-refractivity contribution in [3.05, 3.63) is 88.4 Å². The second kappa shape index (κ2) is 11.9. The molecule has 1 N–H and O–H groups in total. The van der Waals surface area contributed by atoms with Gasteiger partial charge in [0.1, 0.15) is 6.61 Å². The maximum Gasteiger partial charge on any atom is 0.338 e. The van der Waals surface area contributed by atoms with Crippen LogP contribution in [0, 0.1) is 0 Å². The normalized spacial score (nSPS) is 10.3. The van der Waals surface area contributed by atoms with Crippen LogP contribution < -0.4 is 14.8 Å². The van der Waals surface area contributed by atoms with Gasteiger partial charge in [0.2, 0.25) is 0 Å². The molecule has 0 radical (unpaired) electrons. The van der Waals surface area contributed by atoms with Gasteiger partial charge in [-0.25, -0.2) is 4.79 Å². The van der Waals surface area contributed by atoms with Crippen LogP contribution >= 0.6 is 11.6 Å². The lowest BCUT2D eigenvalue weighted by atomic mass is 10.2. The Morgan fingerprint density at radius 2 is 1.60 bits per heavy atom. The van der Waals surface area contributed by atoms with Gasteiger partial charge in [0.05, 0.1) is 12.7 Å². The van der Waals surface area contributed by atoms with Crippen LogP contribution in [-0.4, -0.2) is 50.5 Å². The topological polar surface area (TPSA) is 94.2 Å². The van der Waals surface area contributed by atoms with Crippen molar-refractivity contribution in [3.8, 4) is 11.5 Å². The molecule has 0 unspecified atom stereocenters. The molecule has 35 heavy (non-hydrogen) atoms. The number of nitrogens with one attached hydrogen (secondary N) is 1. The number of hydrogen-bond acceptors (Lipinski definition) is 6. The summed E-state index contributed by atoms with van der Waals surface area (Å²) in [7, 11) is 4.77. The molecule has 0 saturated carbocycles. The van der Waals surface area contributed by atoms with Gasteiger partial charge in [-0.3, -0.25) is 9.59 Å². The molecule has 182 valence electrons. The predicted octanol–water partition coefficient (Wildman–Crippen LogP) is 4.42. The lowest BCUT2D eigenvalue weighted by Crippen LogP contribution is -2.22. The number of hydrogen-bond donors (Lipinski definition) is 1. The van der Waals surface area contributed by atoms with Gasteiger partial charge < -0.3 is 24.4 Å². The number of amides is 2. The van der Waals surface area contributed by atoms with E-state index < -0.39 is 18.5 Å². The molecule has 0 fully saturated rings. The molecule has 2 amide bonds. The molecule has 0 saturated heterocycles. The summed E-state index contributed by atoms with van der Waals surface area (Å²) in [5.74, 6) is -0.589. The van der Waals surface area contributed by atoms with E-state index in [0.29, 0.717) is 27.8 Å². The molecule has 8 nitrogen and oxygen atoms in total. The van der Waals surface area contributed by atoms with Crippen molar-refractivity contribution in [1.82, 2.24) is 4.90 Å². The fourth-order valence-electron chi connectivity index (χ4n) is 3.05. The van der Waals surface area contributed by atoms with E-state index in [2.05, 4.69) is 5.32 Å². The number of esters is 1. The zero-order chi connectivity index (χ0) is 25.4. The highest BCUT2D eigenvalue weighted by atomic mass is 35.5. The fraction of sp³-hybridized carbons (Fsp3) is 0.192. The molecule has 0 aliphatic carbocycles. The number of carbonyl (C=O) groups is 3. The number of carbonyl (C=O) groups excluding carboxylic acids is 3. The van der Waals surface area contributed by atoms with E-state index in [1.165, 1.54) is 24.1 Å². The molecular weight excluding hydrogens is 472 g/mol. The van der Waals surface area contributed by atoms with Crippen LogP contribution in [0.4, 0.5) is 5.69 Å². The van der Waals surface area contributed by atoms with E-state index in [4.69, 9.17) is 25.8 Å². The van der Waals surface area contributed by atoms with Crippen molar-refractivity contribution >= 4 is 35.1 Å². The lowest BCUT2D eigenvalue weighted by Gasteiger charge is -2.13. The van der Waals surface area contributed by atoms with Crippen LogP contribution in [0.25, 0.3) is 0 Å². The lowest BCUT2D eigenvalue weighted by molar-refractivity contribution is -0.119. The summed E-state index contributed by atoms with van der Waals surface area (Å²) < 4.78 is 16.2. The highest BCUT2D eigenvalue weighted by molar-refractivity contribution is 6.31. The Morgan fingerprint density at radius 1 is 0.914 bits per heavy atom. The van der Waals surface area contributed by atoms with Gasteiger partial charge in [0.25, 0.3) is 11.8 Å². The molecule has 0 heterocycles. The van der Waals surface area contributed by atoms with Crippen molar-refractivity contribution in [1.29, 1.82) is 0 Å². The SMILES string of the molecule is COc1cc(C(=O)OCC(=O)Nc2ccc(C(=O)N(C)C)cc2)ccc1OCc1ccccc1Cl. The molecule has 0 aromatic heterocycles. The molecular formula is C26H25ClN2O6. The Kier molecular flexibility index (Phi) is 8.69. The smallest absolute Gasteiger partial charge is 0.338 e. The molecule has 0 bridgehead atoms. The zero-order valence-electron chi connectivity index (χ0n) is 19.5. The summed E-state index contributed by atoms with van der Waals surface area (Å²) in [5.41, 5.74) is 1.98. The van der Waals surface area contributed by atoms with Crippen molar-refractivity contribution in [2.24, 2.45) is 0 Å². The van der Waals surface area contributed by atoms with E-state index in [9.17, 15) is 14.4 Å². The molecule has 0 spiro atoms. The second-order valence-corrected chi connectivity index (χ2v) is 8.05. The molecule has 3 aromatic carbocycles. The Morgan fingerprint density at radius 3 is 2.26 bits per heavy atom. The largest absolute Gasteiger partial charge is 0.493 e. The quantitative estimate of drug-likeness (QED) is 0.440. The number of rotatable bonds is 9. The third-order valence-electron chi connectivity index (χ3n) is 4.90. The summed E-state index contributed by atoms with van der Waals surface area (Å²) in [6.45, 7) is -0.255. The predicted molar refractivity (Wildman–Crippen MR) is 132 cm³/mol.